The van der Waals surface area contributed by atoms with Crippen molar-refractivity contribution in [2.24, 2.45) is 5.92 Å². The van der Waals surface area contributed by atoms with E-state index in [0.29, 0.717) is 28.8 Å². The van der Waals surface area contributed by atoms with E-state index >= 15 is 0 Å². The number of likely N-dealkylation sites (tertiary alicyclic amines) is 1. The maximum atomic E-state index is 12.5. The van der Waals surface area contributed by atoms with Crippen LogP contribution in [0.5, 0.6) is 0 Å². The van der Waals surface area contributed by atoms with Crippen LogP contribution in [0, 0.1) is 5.92 Å². The summed E-state index contributed by atoms with van der Waals surface area (Å²) in [6.07, 6.45) is 1.28. The number of aliphatic carboxylic acids is 1. The number of amides is 2. The van der Waals surface area contributed by atoms with Gasteiger partial charge < -0.3 is 15.3 Å². The minimum absolute atomic E-state index is 0.203. The van der Waals surface area contributed by atoms with Crippen LogP contribution < -0.4 is 5.32 Å². The molecule has 1 aromatic rings. The van der Waals surface area contributed by atoms with Crippen LogP contribution in [-0.4, -0.2) is 40.4 Å². The van der Waals surface area contributed by atoms with Gasteiger partial charge in [-0.1, -0.05) is 6.92 Å². The Kier molecular flexibility index (Phi) is 4.62. The molecule has 0 saturated carbocycles. The molecule has 1 aliphatic heterocycles. The summed E-state index contributed by atoms with van der Waals surface area (Å²) in [5.41, 5.74) is 0. The first-order chi connectivity index (χ1) is 9.88. The van der Waals surface area contributed by atoms with E-state index in [-0.39, 0.29) is 11.8 Å². The predicted octanol–water partition coefficient (Wildman–Crippen LogP) is 2.03. The fraction of sp³-hybridized carbons (Fsp3) is 0.500. The van der Waals surface area contributed by atoms with Gasteiger partial charge in [-0.05, 0) is 30.9 Å². The third-order valence-corrected chi connectivity index (χ3v) is 4.52. The highest BCUT2D eigenvalue weighted by molar-refractivity contribution is 7.18. The molecule has 2 heterocycles. The molecule has 0 spiro atoms. The minimum Gasteiger partial charge on any atom is -0.480 e. The van der Waals surface area contributed by atoms with Crippen molar-refractivity contribution >= 4 is 34.1 Å². The molecular formula is C14H18N2O4S. The molecule has 7 heteroatoms. The van der Waals surface area contributed by atoms with Gasteiger partial charge in [0.05, 0.1) is 9.88 Å². The number of hydrogen-bond acceptors (Lipinski definition) is 4. The zero-order valence-corrected chi connectivity index (χ0v) is 12.8. The van der Waals surface area contributed by atoms with Crippen molar-refractivity contribution in [3.05, 3.63) is 17.0 Å². The molecule has 1 aliphatic rings. The molecule has 21 heavy (non-hydrogen) atoms. The van der Waals surface area contributed by atoms with Crippen molar-refractivity contribution in [1.29, 1.82) is 0 Å². The number of rotatable bonds is 3. The maximum absolute atomic E-state index is 12.5. The van der Waals surface area contributed by atoms with E-state index in [2.05, 4.69) is 5.32 Å². The molecule has 2 N–H and O–H groups in total. The van der Waals surface area contributed by atoms with Crippen LogP contribution in [0.4, 0.5) is 5.00 Å². The third kappa shape index (κ3) is 3.60. The van der Waals surface area contributed by atoms with E-state index in [1.54, 1.807) is 12.1 Å². The number of nitrogens with zero attached hydrogens (tertiary/aromatic N) is 1. The third-order valence-electron chi connectivity index (χ3n) is 3.53. The summed E-state index contributed by atoms with van der Waals surface area (Å²) in [4.78, 5) is 36.7. The monoisotopic (exact) mass is 310 g/mol. The first-order valence-corrected chi connectivity index (χ1v) is 7.61. The van der Waals surface area contributed by atoms with Gasteiger partial charge in [-0.25, -0.2) is 4.79 Å². The largest absolute Gasteiger partial charge is 0.480 e. The fourth-order valence-corrected chi connectivity index (χ4v) is 3.36. The van der Waals surface area contributed by atoms with Crippen molar-refractivity contribution < 1.29 is 19.5 Å². The zero-order valence-electron chi connectivity index (χ0n) is 12.0. The van der Waals surface area contributed by atoms with Crippen molar-refractivity contribution in [2.45, 2.75) is 32.7 Å². The number of carbonyl (C=O) groups is 3. The van der Waals surface area contributed by atoms with Gasteiger partial charge >= 0.3 is 5.97 Å². The van der Waals surface area contributed by atoms with Crippen molar-refractivity contribution in [2.75, 3.05) is 11.9 Å². The summed E-state index contributed by atoms with van der Waals surface area (Å²) in [5.74, 6) is -1.15. The number of carboxylic acids is 1. The van der Waals surface area contributed by atoms with Gasteiger partial charge in [-0.3, -0.25) is 9.59 Å². The quantitative estimate of drug-likeness (QED) is 0.894. The van der Waals surface area contributed by atoms with Gasteiger partial charge in [0.25, 0.3) is 5.91 Å². The van der Waals surface area contributed by atoms with Crippen molar-refractivity contribution in [3.63, 3.8) is 0 Å². The van der Waals surface area contributed by atoms with Crippen LogP contribution in [-0.2, 0) is 9.59 Å². The average Bonchev–Trinajstić information content (AvgIpc) is 2.85. The summed E-state index contributed by atoms with van der Waals surface area (Å²) in [5, 5.41) is 12.5. The number of thiophene rings is 1. The number of carbonyl (C=O) groups excluding carboxylic acids is 2. The van der Waals surface area contributed by atoms with Crippen LogP contribution in [0.1, 0.15) is 36.4 Å². The summed E-state index contributed by atoms with van der Waals surface area (Å²) in [6, 6.07) is 2.50. The summed E-state index contributed by atoms with van der Waals surface area (Å²) >= 11 is 1.16. The lowest BCUT2D eigenvalue weighted by molar-refractivity contribution is -0.144. The standard InChI is InChI=1S/C14H18N2O4S/c1-8-5-6-16(10(7-8)14(19)20)13(18)11-3-4-12(21-11)15-9(2)17/h3-4,8,10H,5-7H2,1-2H3,(H,15,17)(H,19,20). The Morgan fingerprint density at radius 3 is 2.71 bits per heavy atom. The van der Waals surface area contributed by atoms with Gasteiger partial charge in [-0.2, -0.15) is 0 Å². The van der Waals surface area contributed by atoms with E-state index in [9.17, 15) is 19.5 Å². The van der Waals surface area contributed by atoms with Gasteiger partial charge in [0, 0.05) is 13.5 Å². The van der Waals surface area contributed by atoms with E-state index in [1.165, 1.54) is 11.8 Å². The molecule has 2 rings (SSSR count). The average molecular weight is 310 g/mol. The number of nitrogens with one attached hydrogen (secondary N) is 1. The highest BCUT2D eigenvalue weighted by atomic mass is 32.1. The number of piperidine rings is 1. The Bertz CT molecular complexity index is 569. The highest BCUT2D eigenvalue weighted by Crippen LogP contribution is 2.28. The fourth-order valence-electron chi connectivity index (χ4n) is 2.45. The smallest absolute Gasteiger partial charge is 0.326 e. The molecule has 6 nitrogen and oxygen atoms in total. The molecular weight excluding hydrogens is 292 g/mol. The van der Waals surface area contributed by atoms with Gasteiger partial charge in [0.1, 0.15) is 6.04 Å². The van der Waals surface area contributed by atoms with Crippen LogP contribution in [0.2, 0.25) is 0 Å². The van der Waals surface area contributed by atoms with E-state index < -0.39 is 12.0 Å². The van der Waals surface area contributed by atoms with Crippen molar-refractivity contribution in [3.8, 4) is 0 Å². The molecule has 0 bridgehead atoms. The summed E-state index contributed by atoms with van der Waals surface area (Å²) in [6.45, 7) is 3.84. The predicted molar refractivity (Wildman–Crippen MR) is 79.5 cm³/mol. The lowest BCUT2D eigenvalue weighted by Crippen LogP contribution is -2.49. The Labute approximate surface area is 126 Å². The second-order valence-corrected chi connectivity index (χ2v) is 6.41. The molecule has 2 atom stereocenters. The number of anilines is 1. The second-order valence-electron chi connectivity index (χ2n) is 5.33. The molecule has 1 saturated heterocycles. The van der Waals surface area contributed by atoms with Crippen LogP contribution in [0.25, 0.3) is 0 Å². The minimum atomic E-state index is -0.964. The highest BCUT2D eigenvalue weighted by Gasteiger charge is 2.35. The normalized spacial score (nSPS) is 21.9. The first-order valence-electron chi connectivity index (χ1n) is 6.79. The molecule has 0 radical (unpaired) electrons. The van der Waals surface area contributed by atoms with Crippen molar-refractivity contribution in [1.82, 2.24) is 4.90 Å². The molecule has 2 amide bonds. The maximum Gasteiger partial charge on any atom is 0.326 e. The van der Waals surface area contributed by atoms with E-state index in [0.717, 1.165) is 17.8 Å². The Hall–Kier alpha value is -1.89. The number of carboxylic acid groups (broad SMARTS) is 1. The number of hydrogen-bond donors (Lipinski definition) is 2. The van der Waals surface area contributed by atoms with E-state index in [1.807, 2.05) is 6.92 Å². The summed E-state index contributed by atoms with van der Waals surface area (Å²) < 4.78 is 0. The van der Waals surface area contributed by atoms with Gasteiger partial charge in [-0.15, -0.1) is 11.3 Å². The second kappa shape index (κ2) is 6.26. The molecule has 114 valence electrons. The lowest BCUT2D eigenvalue weighted by atomic mass is 9.92. The Morgan fingerprint density at radius 2 is 2.10 bits per heavy atom. The topological polar surface area (TPSA) is 86.7 Å². The van der Waals surface area contributed by atoms with E-state index in [4.69, 9.17) is 0 Å². The first kappa shape index (κ1) is 15.5. The molecule has 0 aliphatic carbocycles. The summed E-state index contributed by atoms with van der Waals surface area (Å²) in [7, 11) is 0. The van der Waals surface area contributed by atoms with Crippen LogP contribution in [0.15, 0.2) is 12.1 Å². The molecule has 0 aromatic carbocycles. The lowest BCUT2D eigenvalue weighted by Gasteiger charge is -2.35. The Morgan fingerprint density at radius 1 is 1.38 bits per heavy atom. The molecule has 1 aromatic heterocycles. The van der Waals surface area contributed by atoms with Crippen LogP contribution >= 0.6 is 11.3 Å². The Balaban J connectivity index is 2.15. The molecule has 1 fully saturated rings. The van der Waals surface area contributed by atoms with Gasteiger partial charge in [0.2, 0.25) is 5.91 Å². The van der Waals surface area contributed by atoms with Crippen LogP contribution in [0.3, 0.4) is 0 Å². The van der Waals surface area contributed by atoms with Gasteiger partial charge in [0.15, 0.2) is 0 Å². The zero-order chi connectivity index (χ0) is 15.6. The molecule has 2 unspecified atom stereocenters. The SMILES string of the molecule is CC(=O)Nc1ccc(C(=O)N2CCC(C)CC2C(=O)O)s1.